The van der Waals surface area contributed by atoms with Crippen LogP contribution < -0.4 is 0 Å². The molecular formula is C66H46N2S2. The third-order valence-electron chi connectivity index (χ3n) is 14.4. The van der Waals surface area contributed by atoms with Crippen molar-refractivity contribution in [3.8, 4) is 22.5 Å². The number of rotatable bonds is 8. The third kappa shape index (κ3) is 5.84. The lowest BCUT2D eigenvalue weighted by Gasteiger charge is -2.46. The zero-order valence-electron chi connectivity index (χ0n) is 38.3. The molecular weight excluding hydrogens is 885 g/mol. The topological polar surface area (TPSA) is 9.86 Å². The van der Waals surface area contributed by atoms with Crippen LogP contribution in [0.5, 0.6) is 0 Å². The lowest BCUT2D eigenvalue weighted by Crippen LogP contribution is -2.15. The molecule has 4 heteroatoms. The first kappa shape index (κ1) is 40.8. The van der Waals surface area contributed by atoms with Crippen LogP contribution in [0, 0.1) is 0 Å². The van der Waals surface area contributed by atoms with Gasteiger partial charge in [0, 0.05) is 66.4 Å². The zero-order valence-corrected chi connectivity index (χ0v) is 39.9. The van der Waals surface area contributed by atoms with Crippen molar-refractivity contribution in [3.05, 3.63) is 279 Å². The Morgan fingerprint density at radius 1 is 0.286 bits per heavy atom. The first-order valence-electron chi connectivity index (χ1n) is 24.0. The van der Waals surface area contributed by atoms with Gasteiger partial charge in [0.05, 0.1) is 27.8 Å². The van der Waals surface area contributed by atoms with E-state index in [0.29, 0.717) is 0 Å². The van der Waals surface area contributed by atoms with Gasteiger partial charge in [0.15, 0.2) is 0 Å². The van der Waals surface area contributed by atoms with Crippen LogP contribution in [0.25, 0.3) is 66.1 Å². The van der Waals surface area contributed by atoms with E-state index in [1.54, 1.807) is 0 Å². The molecule has 332 valence electrons. The van der Waals surface area contributed by atoms with Crippen LogP contribution in [0.1, 0.15) is 0 Å². The largest absolute Gasteiger partial charge is 0.309 e. The normalized spacial score (nSPS) is 15.5. The minimum Gasteiger partial charge on any atom is -0.309 e. The van der Waals surface area contributed by atoms with E-state index in [9.17, 15) is 0 Å². The molecule has 11 aromatic carbocycles. The van der Waals surface area contributed by atoms with Crippen LogP contribution in [0.3, 0.4) is 0 Å². The molecule has 13 aromatic rings. The first-order chi connectivity index (χ1) is 34.7. The molecule has 0 saturated carbocycles. The summed E-state index contributed by atoms with van der Waals surface area (Å²) in [5, 5.41) is 4.98. The Morgan fingerprint density at radius 3 is 1.44 bits per heavy atom. The predicted molar refractivity (Wildman–Crippen MR) is 294 cm³/mol. The van der Waals surface area contributed by atoms with Gasteiger partial charge in [-0.15, -0.1) is 20.1 Å². The number of hydrogen-bond acceptors (Lipinski definition) is 0. The van der Waals surface area contributed by atoms with E-state index in [2.05, 4.69) is 288 Å². The standard InChI is InChI=1S/C66H46N2S2/c1-6-23-47(24-7-1)48-25-22-34-54(43-48)70(53-32-14-5-15-33-53)64-40-21-20-39-62(64)68-61-38-19-17-36-57(61)59-44-49(45-65(70)66(59)68)67-60-37-18-16-35-56(60)58-42-41-55(46-63(58)67)69(50-26-8-2-9-27-50,51-28-10-3-11-29-51)52-30-12-4-13-31-52/h1-46H. The molecule has 0 fully saturated rings. The molecule has 0 N–H and O–H groups in total. The van der Waals surface area contributed by atoms with Gasteiger partial charge in [-0.05, 0) is 120 Å². The van der Waals surface area contributed by atoms with Crippen molar-refractivity contribution in [2.24, 2.45) is 0 Å². The highest BCUT2D eigenvalue weighted by atomic mass is 32.3. The maximum Gasteiger partial charge on any atom is 0.0673 e. The van der Waals surface area contributed by atoms with Crippen molar-refractivity contribution in [3.63, 3.8) is 0 Å². The van der Waals surface area contributed by atoms with Gasteiger partial charge in [-0.2, -0.15) is 0 Å². The minimum atomic E-state index is -2.15. The molecule has 2 aromatic heterocycles. The Hall–Kier alpha value is -8.28. The minimum absolute atomic E-state index is 1.15. The van der Waals surface area contributed by atoms with Gasteiger partial charge in [0.1, 0.15) is 0 Å². The summed E-state index contributed by atoms with van der Waals surface area (Å²) in [6, 6.07) is 105. The van der Waals surface area contributed by atoms with Gasteiger partial charge in [-0.3, -0.25) is 0 Å². The second-order valence-corrected chi connectivity index (χ2v) is 24.2. The molecule has 3 heterocycles. The van der Waals surface area contributed by atoms with E-state index >= 15 is 0 Å². The number of hydrogen-bond donors (Lipinski definition) is 0. The summed E-state index contributed by atoms with van der Waals surface area (Å²) >= 11 is 0. The average Bonchev–Trinajstić information content (AvgIpc) is 3.96. The van der Waals surface area contributed by atoms with Crippen LogP contribution in [0.4, 0.5) is 0 Å². The lowest BCUT2D eigenvalue weighted by molar-refractivity contribution is 1.06. The van der Waals surface area contributed by atoms with Crippen LogP contribution >= 0.6 is 20.1 Å². The molecule has 14 rings (SSSR count). The zero-order chi connectivity index (χ0) is 46.2. The molecule has 1 atom stereocenters. The van der Waals surface area contributed by atoms with Crippen molar-refractivity contribution < 1.29 is 0 Å². The SMILES string of the molecule is c1ccc(-c2cccc(S3(c4ccccc4)c4ccccc4-n4c5ccccc5c5cc(-n6c7ccccc7c7ccc(S(c8ccccc8)(c8ccccc8)c8ccccc8)cc76)cc3c54)c2)cc1. The molecule has 0 spiro atoms. The van der Waals surface area contributed by atoms with E-state index in [0.717, 1.165) is 5.69 Å². The number of aromatic nitrogens is 2. The fraction of sp³-hybridized carbons (Fsp3) is 0. The van der Waals surface area contributed by atoms with Crippen molar-refractivity contribution in [1.29, 1.82) is 0 Å². The second kappa shape index (κ2) is 16.2. The van der Waals surface area contributed by atoms with Crippen LogP contribution in [0.2, 0.25) is 0 Å². The third-order valence-corrected chi connectivity index (χ3v) is 22.2. The van der Waals surface area contributed by atoms with Gasteiger partial charge >= 0.3 is 0 Å². The summed E-state index contributed by atoms with van der Waals surface area (Å²) in [5.41, 5.74) is 9.69. The first-order valence-corrected chi connectivity index (χ1v) is 27.2. The fourth-order valence-corrected chi connectivity index (χ4v) is 19.7. The summed E-state index contributed by atoms with van der Waals surface area (Å²) < 4.78 is 5.15. The average molecular weight is 931 g/mol. The Balaban J connectivity index is 1.14. The summed E-state index contributed by atoms with van der Waals surface area (Å²) in [7, 11) is -4.11. The Bertz CT molecular complexity index is 4010. The quantitative estimate of drug-likeness (QED) is 0.144. The molecule has 70 heavy (non-hydrogen) atoms. The smallest absolute Gasteiger partial charge is 0.0673 e. The van der Waals surface area contributed by atoms with Gasteiger partial charge in [0.25, 0.3) is 0 Å². The lowest BCUT2D eigenvalue weighted by atomic mass is 10.1. The van der Waals surface area contributed by atoms with Crippen molar-refractivity contribution in [1.82, 2.24) is 9.13 Å². The molecule has 0 saturated heterocycles. The van der Waals surface area contributed by atoms with Crippen molar-refractivity contribution in [2.75, 3.05) is 0 Å². The van der Waals surface area contributed by atoms with Gasteiger partial charge in [-0.1, -0.05) is 170 Å². The van der Waals surface area contributed by atoms with Gasteiger partial charge in [0.2, 0.25) is 0 Å². The Morgan fingerprint density at radius 2 is 0.786 bits per heavy atom. The molecule has 0 amide bonds. The highest BCUT2D eigenvalue weighted by Gasteiger charge is 2.42. The summed E-state index contributed by atoms with van der Waals surface area (Å²) in [4.78, 5) is 10.5. The monoisotopic (exact) mass is 930 g/mol. The number of para-hydroxylation sites is 3. The maximum atomic E-state index is 2.58. The number of nitrogens with zero attached hydrogens (tertiary/aromatic N) is 2. The number of fused-ring (bicyclic) bond motifs is 8. The van der Waals surface area contributed by atoms with Gasteiger partial charge < -0.3 is 9.13 Å². The van der Waals surface area contributed by atoms with E-state index in [1.807, 2.05) is 0 Å². The van der Waals surface area contributed by atoms with Crippen molar-refractivity contribution >= 4 is 63.7 Å². The maximum absolute atomic E-state index is 2.58. The van der Waals surface area contributed by atoms with Crippen LogP contribution in [0.15, 0.2) is 318 Å². The molecule has 0 radical (unpaired) electrons. The predicted octanol–water partition coefficient (Wildman–Crippen LogP) is 18.5. The van der Waals surface area contributed by atoms with E-state index in [4.69, 9.17) is 0 Å². The van der Waals surface area contributed by atoms with Gasteiger partial charge in [-0.25, -0.2) is 0 Å². The Kier molecular flexibility index (Phi) is 9.42. The van der Waals surface area contributed by atoms with E-state index in [-0.39, 0.29) is 0 Å². The Labute approximate surface area is 411 Å². The summed E-state index contributed by atoms with van der Waals surface area (Å²) in [5.74, 6) is 0. The van der Waals surface area contributed by atoms with Crippen LogP contribution in [-0.2, 0) is 0 Å². The summed E-state index contributed by atoms with van der Waals surface area (Å²) in [6.07, 6.45) is 0. The van der Waals surface area contributed by atoms with E-state index in [1.165, 1.54) is 99.6 Å². The highest BCUT2D eigenvalue weighted by molar-refractivity contribution is 8.34. The molecule has 0 bridgehead atoms. The van der Waals surface area contributed by atoms with Crippen LogP contribution in [-0.4, -0.2) is 9.13 Å². The number of benzene rings is 11. The highest BCUT2D eigenvalue weighted by Crippen LogP contribution is 2.78. The second-order valence-electron chi connectivity index (χ2n) is 18.1. The molecule has 0 aliphatic carbocycles. The molecule has 1 aliphatic heterocycles. The van der Waals surface area contributed by atoms with Crippen molar-refractivity contribution in [2.45, 2.75) is 39.2 Å². The molecule has 2 nitrogen and oxygen atoms in total. The molecule has 1 unspecified atom stereocenters. The van der Waals surface area contributed by atoms with E-state index < -0.39 is 20.1 Å². The molecule has 1 aliphatic rings. The fourth-order valence-electron chi connectivity index (χ4n) is 11.6. The summed E-state index contributed by atoms with van der Waals surface area (Å²) in [6.45, 7) is 0.